The van der Waals surface area contributed by atoms with Crippen molar-refractivity contribution in [2.75, 3.05) is 25.1 Å². The van der Waals surface area contributed by atoms with Gasteiger partial charge in [-0.3, -0.25) is 4.79 Å². The number of piperidine rings is 1. The molecule has 3 aromatic rings. The highest BCUT2D eigenvalue weighted by Crippen LogP contribution is 2.30. The van der Waals surface area contributed by atoms with Crippen LogP contribution >= 0.6 is 0 Å². The number of ether oxygens (including phenoxy) is 1. The van der Waals surface area contributed by atoms with E-state index in [0.717, 1.165) is 43.0 Å². The van der Waals surface area contributed by atoms with Gasteiger partial charge in [0.15, 0.2) is 11.7 Å². The van der Waals surface area contributed by atoms with E-state index >= 15 is 0 Å². The summed E-state index contributed by atoms with van der Waals surface area (Å²) in [7, 11) is 1.65. The van der Waals surface area contributed by atoms with Crippen LogP contribution < -0.4 is 15.0 Å². The maximum absolute atomic E-state index is 13.9. The van der Waals surface area contributed by atoms with E-state index in [2.05, 4.69) is 15.2 Å². The molecule has 0 aliphatic carbocycles. The Morgan fingerprint density at radius 3 is 2.94 bits per heavy atom. The quantitative estimate of drug-likeness (QED) is 0.591. The van der Waals surface area contributed by atoms with E-state index in [0.29, 0.717) is 12.4 Å². The first kappa shape index (κ1) is 21.8. The van der Waals surface area contributed by atoms with Gasteiger partial charge in [0, 0.05) is 38.0 Å². The van der Waals surface area contributed by atoms with Crippen molar-refractivity contribution < 1.29 is 22.7 Å². The van der Waals surface area contributed by atoms with E-state index in [9.17, 15) is 13.6 Å². The van der Waals surface area contributed by atoms with Gasteiger partial charge in [-0.25, -0.2) is 13.8 Å². The molecule has 1 fully saturated rings. The number of halogens is 2. The molecule has 32 heavy (non-hydrogen) atoms. The molecule has 8 heteroatoms. The number of aromatic nitrogens is 1. The van der Waals surface area contributed by atoms with Gasteiger partial charge in [-0.05, 0) is 37.1 Å². The monoisotopic (exact) mass is 441 g/mol. The first-order valence-electron chi connectivity index (χ1n) is 10.6. The fourth-order valence-electron chi connectivity index (χ4n) is 3.96. The van der Waals surface area contributed by atoms with Gasteiger partial charge < -0.3 is 19.4 Å². The lowest BCUT2D eigenvalue weighted by Gasteiger charge is -2.35. The molecule has 0 radical (unpaired) electrons. The number of hydrogen-bond donors (Lipinski definition) is 1. The molecular formula is C24H25F2N3O3. The third-order valence-electron chi connectivity index (χ3n) is 5.53. The maximum Gasteiger partial charge on any atom is 0.220 e. The van der Waals surface area contributed by atoms with Crippen LogP contribution in [0.4, 0.5) is 14.5 Å². The molecule has 1 aliphatic heterocycles. The number of para-hydroxylation sites is 2. The summed E-state index contributed by atoms with van der Waals surface area (Å²) < 4.78 is 38.0. The molecule has 1 saturated heterocycles. The molecule has 1 aromatic heterocycles. The summed E-state index contributed by atoms with van der Waals surface area (Å²) in [5.74, 6) is -0.117. The molecule has 6 nitrogen and oxygen atoms in total. The number of oxazole rings is 1. The Balaban J connectivity index is 1.31. The predicted octanol–water partition coefficient (Wildman–Crippen LogP) is 4.35. The summed E-state index contributed by atoms with van der Waals surface area (Å²) in [6, 6.07) is 11.2. The van der Waals surface area contributed by atoms with Crippen molar-refractivity contribution in [2.45, 2.75) is 31.7 Å². The van der Waals surface area contributed by atoms with E-state index in [1.165, 1.54) is 12.3 Å². The molecule has 0 bridgehead atoms. The molecule has 1 aliphatic rings. The van der Waals surface area contributed by atoms with Gasteiger partial charge in [-0.2, -0.15) is 0 Å². The maximum atomic E-state index is 13.9. The number of aryl methyl sites for hydroxylation is 1. The summed E-state index contributed by atoms with van der Waals surface area (Å²) >= 11 is 0. The Labute approximate surface area is 185 Å². The van der Waals surface area contributed by atoms with E-state index in [1.54, 1.807) is 7.11 Å². The molecule has 0 spiro atoms. The van der Waals surface area contributed by atoms with Crippen molar-refractivity contribution in [1.82, 2.24) is 10.3 Å². The lowest BCUT2D eigenvalue weighted by molar-refractivity contribution is -0.121. The summed E-state index contributed by atoms with van der Waals surface area (Å²) in [5, 5.41) is 3.09. The highest BCUT2D eigenvalue weighted by atomic mass is 19.1. The second-order valence-corrected chi connectivity index (χ2v) is 7.77. The minimum absolute atomic E-state index is 0.0367. The molecule has 1 unspecified atom stereocenters. The zero-order valence-corrected chi connectivity index (χ0v) is 17.8. The Kier molecular flexibility index (Phi) is 6.68. The van der Waals surface area contributed by atoms with Gasteiger partial charge >= 0.3 is 0 Å². The SMILES string of the molecule is COc1ccccc1N1CCCC(NC(=O)CCc2ncc(-c3ccc(F)cc3F)o2)C1. The third kappa shape index (κ3) is 5.07. The number of benzene rings is 2. The van der Waals surface area contributed by atoms with Crippen molar-refractivity contribution in [3.05, 3.63) is 66.2 Å². The number of carbonyl (C=O) groups is 1. The molecule has 1 N–H and O–H groups in total. The lowest BCUT2D eigenvalue weighted by Crippen LogP contribution is -2.48. The predicted molar refractivity (Wildman–Crippen MR) is 117 cm³/mol. The number of hydrogen-bond acceptors (Lipinski definition) is 5. The fourth-order valence-corrected chi connectivity index (χ4v) is 3.96. The van der Waals surface area contributed by atoms with Gasteiger partial charge in [0.2, 0.25) is 5.91 Å². The van der Waals surface area contributed by atoms with Gasteiger partial charge in [0.25, 0.3) is 0 Å². The topological polar surface area (TPSA) is 67.6 Å². The third-order valence-corrected chi connectivity index (χ3v) is 5.53. The number of amides is 1. The second kappa shape index (κ2) is 9.80. The largest absolute Gasteiger partial charge is 0.495 e. The lowest BCUT2D eigenvalue weighted by atomic mass is 10.0. The zero-order valence-electron chi connectivity index (χ0n) is 17.8. The number of nitrogens with zero attached hydrogens (tertiary/aromatic N) is 2. The zero-order chi connectivity index (χ0) is 22.5. The standard InChI is InChI=1S/C24H25F2N3O3/c1-31-21-7-3-2-6-20(21)29-12-4-5-17(15-29)28-23(30)10-11-24-27-14-22(32-24)18-9-8-16(25)13-19(18)26/h2-3,6-9,13-14,17H,4-5,10-12,15H2,1H3,(H,28,30). The van der Waals surface area contributed by atoms with Crippen LogP contribution in [-0.2, 0) is 11.2 Å². The van der Waals surface area contributed by atoms with E-state index in [1.807, 2.05) is 24.3 Å². The Morgan fingerprint density at radius 1 is 1.28 bits per heavy atom. The average Bonchev–Trinajstić information content (AvgIpc) is 3.26. The van der Waals surface area contributed by atoms with Crippen molar-refractivity contribution in [3.63, 3.8) is 0 Å². The van der Waals surface area contributed by atoms with Crippen LogP contribution in [0.5, 0.6) is 5.75 Å². The van der Waals surface area contributed by atoms with E-state index < -0.39 is 11.6 Å². The Bertz CT molecular complexity index is 1090. The number of rotatable bonds is 7. The number of nitrogens with one attached hydrogen (secondary N) is 1. The first-order valence-corrected chi connectivity index (χ1v) is 10.6. The first-order chi connectivity index (χ1) is 15.5. The summed E-state index contributed by atoms with van der Waals surface area (Å²) in [5.41, 5.74) is 1.16. The summed E-state index contributed by atoms with van der Waals surface area (Å²) in [6.07, 6.45) is 3.75. The molecule has 2 aromatic carbocycles. The highest BCUT2D eigenvalue weighted by Gasteiger charge is 2.23. The summed E-state index contributed by atoms with van der Waals surface area (Å²) in [4.78, 5) is 18.8. The van der Waals surface area contributed by atoms with E-state index in [-0.39, 0.29) is 36.1 Å². The van der Waals surface area contributed by atoms with Crippen LogP contribution in [0.15, 0.2) is 53.1 Å². The van der Waals surface area contributed by atoms with Crippen LogP contribution in [0.1, 0.15) is 25.2 Å². The molecule has 1 amide bonds. The number of anilines is 1. The van der Waals surface area contributed by atoms with Crippen LogP contribution in [0.25, 0.3) is 11.3 Å². The minimum atomic E-state index is -0.720. The highest BCUT2D eigenvalue weighted by molar-refractivity contribution is 5.76. The fraction of sp³-hybridized carbons (Fsp3) is 0.333. The molecule has 2 heterocycles. The number of carbonyl (C=O) groups excluding carboxylic acids is 1. The Hall–Kier alpha value is -3.42. The van der Waals surface area contributed by atoms with Gasteiger partial charge in [0.1, 0.15) is 17.4 Å². The number of methoxy groups -OCH3 is 1. The molecule has 0 saturated carbocycles. The Morgan fingerprint density at radius 2 is 2.12 bits per heavy atom. The van der Waals surface area contributed by atoms with E-state index in [4.69, 9.17) is 9.15 Å². The van der Waals surface area contributed by atoms with Crippen LogP contribution in [0, 0.1) is 11.6 Å². The summed E-state index contributed by atoms with van der Waals surface area (Å²) in [6.45, 7) is 1.62. The smallest absolute Gasteiger partial charge is 0.220 e. The van der Waals surface area contributed by atoms with Crippen molar-refractivity contribution >= 4 is 11.6 Å². The van der Waals surface area contributed by atoms with Gasteiger partial charge in [-0.1, -0.05) is 12.1 Å². The average molecular weight is 441 g/mol. The van der Waals surface area contributed by atoms with Gasteiger partial charge in [0.05, 0.1) is 24.6 Å². The van der Waals surface area contributed by atoms with Crippen LogP contribution in [0.2, 0.25) is 0 Å². The second-order valence-electron chi connectivity index (χ2n) is 7.77. The van der Waals surface area contributed by atoms with Gasteiger partial charge in [-0.15, -0.1) is 0 Å². The normalized spacial score (nSPS) is 16.1. The molecular weight excluding hydrogens is 416 g/mol. The minimum Gasteiger partial charge on any atom is -0.495 e. The van der Waals surface area contributed by atoms with Crippen molar-refractivity contribution in [3.8, 4) is 17.1 Å². The molecule has 1 atom stereocenters. The molecule has 4 rings (SSSR count). The van der Waals surface area contributed by atoms with Crippen LogP contribution in [-0.4, -0.2) is 37.1 Å². The molecule has 168 valence electrons. The van der Waals surface area contributed by atoms with Crippen molar-refractivity contribution in [2.24, 2.45) is 0 Å². The van der Waals surface area contributed by atoms with Crippen LogP contribution in [0.3, 0.4) is 0 Å². The van der Waals surface area contributed by atoms with Crippen molar-refractivity contribution in [1.29, 1.82) is 0 Å².